The largest absolute Gasteiger partial charge is 0.346 e. The molecule has 4 rings (SSSR count). The maximum Gasteiger partial charge on any atom is 0.210 e. The lowest BCUT2D eigenvalue weighted by atomic mass is 10.1. The molecule has 0 amide bonds. The van der Waals surface area contributed by atoms with Crippen molar-refractivity contribution >= 4 is 11.0 Å². The lowest BCUT2D eigenvalue weighted by molar-refractivity contribution is 0.628. The summed E-state index contributed by atoms with van der Waals surface area (Å²) in [5, 5.41) is 0. The Morgan fingerprint density at radius 1 is 1.07 bits per heavy atom. The van der Waals surface area contributed by atoms with Gasteiger partial charge in [-0.05, 0) is 62.8 Å². The van der Waals surface area contributed by atoms with E-state index in [1.807, 2.05) is 46.0 Å². The van der Waals surface area contributed by atoms with Crippen molar-refractivity contribution in [1.82, 2.24) is 9.55 Å². The minimum atomic E-state index is 0. The van der Waals surface area contributed by atoms with E-state index < -0.39 is 0 Å². The topological polar surface area (TPSA) is 34.9 Å². The van der Waals surface area contributed by atoms with Gasteiger partial charge in [0.05, 0.1) is 5.52 Å². The third-order valence-corrected chi connectivity index (χ3v) is 4.84. The fourth-order valence-electron chi connectivity index (χ4n) is 3.54. The number of aryl methyl sites for hydroxylation is 3. The molecule has 1 aliphatic rings. The molecule has 1 aromatic carbocycles. The van der Waals surface area contributed by atoms with Gasteiger partial charge in [-0.3, -0.25) is 4.79 Å². The predicted molar refractivity (Wildman–Crippen MR) is 118 cm³/mol. The Labute approximate surface area is 164 Å². The molecule has 27 heavy (non-hydrogen) atoms. The van der Waals surface area contributed by atoms with Crippen LogP contribution in [0, 0.1) is 19.8 Å². The highest BCUT2D eigenvalue weighted by atomic mass is 16.1. The van der Waals surface area contributed by atoms with E-state index in [1.165, 1.54) is 12.8 Å². The number of hydrogen-bond acceptors (Lipinski definition) is 2. The lowest BCUT2D eigenvalue weighted by Crippen LogP contribution is -2.13. The van der Waals surface area contributed by atoms with Crippen LogP contribution in [0.25, 0.3) is 11.0 Å². The molecule has 0 radical (unpaired) electrons. The van der Waals surface area contributed by atoms with E-state index in [0.717, 1.165) is 29.2 Å². The summed E-state index contributed by atoms with van der Waals surface area (Å²) >= 11 is 0. The van der Waals surface area contributed by atoms with E-state index in [2.05, 4.69) is 47.7 Å². The van der Waals surface area contributed by atoms with Crippen molar-refractivity contribution in [2.24, 2.45) is 5.92 Å². The first-order valence-corrected chi connectivity index (χ1v) is 10.0. The summed E-state index contributed by atoms with van der Waals surface area (Å²) in [6.07, 6.45) is 4.47. The molecular formula is C24H34N2O. The monoisotopic (exact) mass is 366 g/mol. The predicted octanol–water partition coefficient (Wildman–Crippen LogP) is 5.73. The van der Waals surface area contributed by atoms with Crippen LogP contribution >= 0.6 is 0 Å². The van der Waals surface area contributed by atoms with E-state index >= 15 is 0 Å². The van der Waals surface area contributed by atoms with Crippen molar-refractivity contribution in [3.8, 4) is 0 Å². The molecule has 0 unspecified atom stereocenters. The Morgan fingerprint density at radius 2 is 1.67 bits per heavy atom. The second-order valence-corrected chi connectivity index (χ2v) is 7.03. The first-order chi connectivity index (χ1) is 13.0. The van der Waals surface area contributed by atoms with Crippen LogP contribution in [0.5, 0.6) is 0 Å². The first kappa shape index (κ1) is 20.9. The van der Waals surface area contributed by atoms with E-state index in [4.69, 9.17) is 0 Å². The molecular weight excluding hydrogens is 332 g/mol. The van der Waals surface area contributed by atoms with Crippen molar-refractivity contribution in [2.45, 2.75) is 60.9 Å². The average Bonchev–Trinajstić information content (AvgIpc) is 3.07. The van der Waals surface area contributed by atoms with E-state index in [9.17, 15) is 4.79 Å². The van der Waals surface area contributed by atoms with Gasteiger partial charge < -0.3 is 4.57 Å². The number of pyridine rings is 2. The highest BCUT2D eigenvalue weighted by Crippen LogP contribution is 2.25. The smallest absolute Gasteiger partial charge is 0.210 e. The second-order valence-electron chi connectivity index (χ2n) is 7.03. The number of hydrogen-bond donors (Lipinski definition) is 0. The molecule has 1 aliphatic carbocycles. The summed E-state index contributed by atoms with van der Waals surface area (Å²) in [7, 11) is 0. The van der Waals surface area contributed by atoms with Gasteiger partial charge in [0.1, 0.15) is 5.52 Å². The minimum Gasteiger partial charge on any atom is -0.346 e. The van der Waals surface area contributed by atoms with Crippen LogP contribution in [0.3, 0.4) is 0 Å². The van der Waals surface area contributed by atoms with Gasteiger partial charge >= 0.3 is 0 Å². The van der Waals surface area contributed by atoms with Gasteiger partial charge in [0.2, 0.25) is 5.43 Å². The van der Waals surface area contributed by atoms with E-state index in [-0.39, 0.29) is 6.86 Å². The van der Waals surface area contributed by atoms with Gasteiger partial charge in [-0.15, -0.1) is 0 Å². The third kappa shape index (κ3) is 4.85. The summed E-state index contributed by atoms with van der Waals surface area (Å²) < 4.78 is 2.05. The second kappa shape index (κ2) is 9.50. The number of fused-ring (bicyclic) bond motifs is 2. The van der Waals surface area contributed by atoms with Crippen molar-refractivity contribution in [3.63, 3.8) is 0 Å². The van der Waals surface area contributed by atoms with Crippen LogP contribution in [0.4, 0.5) is 0 Å². The van der Waals surface area contributed by atoms with Crippen LogP contribution in [-0.4, -0.2) is 9.55 Å². The van der Waals surface area contributed by atoms with Crippen LogP contribution in [0.15, 0.2) is 47.4 Å². The number of benzene rings is 1. The van der Waals surface area contributed by atoms with Gasteiger partial charge in [-0.2, -0.15) is 0 Å². The molecule has 0 N–H and O–H groups in total. The molecule has 3 heteroatoms. The van der Waals surface area contributed by atoms with Gasteiger partial charge in [0, 0.05) is 25.4 Å². The Bertz CT molecular complexity index is 937. The fourth-order valence-corrected chi connectivity index (χ4v) is 3.54. The van der Waals surface area contributed by atoms with Crippen LogP contribution in [-0.2, 0) is 19.4 Å². The summed E-state index contributed by atoms with van der Waals surface area (Å²) in [6, 6.07) is 12.7. The van der Waals surface area contributed by atoms with Crippen LogP contribution in [0.1, 0.15) is 51.5 Å². The van der Waals surface area contributed by atoms with Gasteiger partial charge in [0.25, 0.3) is 0 Å². The van der Waals surface area contributed by atoms with Crippen molar-refractivity contribution in [2.75, 3.05) is 0 Å². The summed E-state index contributed by atoms with van der Waals surface area (Å²) in [4.78, 5) is 16.2. The van der Waals surface area contributed by atoms with E-state index in [0.29, 0.717) is 5.52 Å². The summed E-state index contributed by atoms with van der Waals surface area (Å²) in [6.45, 7) is 13.0. The Kier molecular flexibility index (Phi) is 7.35. The maximum absolute atomic E-state index is 11.9. The molecule has 0 bridgehead atoms. The fraction of sp³-hybridized carbons (Fsp3) is 0.417. The maximum atomic E-state index is 11.9. The summed E-state index contributed by atoms with van der Waals surface area (Å²) in [5.74, 6) is 0.873. The van der Waals surface area contributed by atoms with E-state index in [1.54, 1.807) is 11.1 Å². The lowest BCUT2D eigenvalue weighted by Gasteiger charge is -2.09. The molecule has 3 aromatic rings. The molecule has 146 valence electrons. The third-order valence-electron chi connectivity index (χ3n) is 4.84. The van der Waals surface area contributed by atoms with Gasteiger partial charge in [0.15, 0.2) is 0 Å². The number of nitrogens with zero attached hydrogens (tertiary/aromatic N) is 2. The molecule has 0 atom stereocenters. The van der Waals surface area contributed by atoms with Crippen LogP contribution < -0.4 is 5.43 Å². The Balaban J connectivity index is 0.000000263. The SMILES string of the molecule is CC.CC1Cc2ccccc2C1.CCn1cc(C)c(=O)c2nc(C)ccc21.[HH]. The molecule has 3 nitrogen and oxygen atoms in total. The molecule has 0 saturated carbocycles. The molecule has 0 fully saturated rings. The zero-order valence-corrected chi connectivity index (χ0v) is 17.5. The average molecular weight is 367 g/mol. The highest BCUT2D eigenvalue weighted by Gasteiger charge is 2.15. The quantitative estimate of drug-likeness (QED) is 0.551. The Hall–Kier alpha value is -2.42. The van der Waals surface area contributed by atoms with Crippen LogP contribution in [0.2, 0.25) is 0 Å². The molecule has 0 aliphatic heterocycles. The Morgan fingerprint density at radius 3 is 2.22 bits per heavy atom. The number of rotatable bonds is 1. The molecule has 0 spiro atoms. The summed E-state index contributed by atoms with van der Waals surface area (Å²) in [5.41, 5.74) is 6.30. The van der Waals surface area contributed by atoms with Crippen molar-refractivity contribution in [1.29, 1.82) is 0 Å². The highest BCUT2D eigenvalue weighted by molar-refractivity contribution is 5.75. The molecule has 0 saturated heterocycles. The van der Waals surface area contributed by atoms with Crippen molar-refractivity contribution < 1.29 is 1.43 Å². The standard InChI is InChI=1S/C12H14N2O.C10H12.C2H6.H2/c1-4-14-7-8(2)12(15)11-10(14)6-5-9(3)13-11;1-8-6-9-4-2-3-5-10(9)7-8;1-2;/h5-7H,4H2,1-3H3;2-5,8H,6-7H2,1H3;1-2H3;1H. The normalized spacial score (nSPS) is 12.7. The van der Waals surface area contributed by atoms with Crippen molar-refractivity contribution in [3.05, 3.63) is 75.2 Å². The number of aromatic nitrogens is 2. The minimum absolute atomic E-state index is 0. The molecule has 2 aromatic heterocycles. The zero-order chi connectivity index (χ0) is 20.0. The molecule has 2 heterocycles. The van der Waals surface area contributed by atoms with Gasteiger partial charge in [-0.25, -0.2) is 4.98 Å². The van der Waals surface area contributed by atoms with Gasteiger partial charge in [-0.1, -0.05) is 45.0 Å². The zero-order valence-electron chi connectivity index (χ0n) is 17.5. The first-order valence-electron chi connectivity index (χ1n) is 10.0.